The van der Waals surface area contributed by atoms with E-state index in [9.17, 15) is 0 Å². The van der Waals surface area contributed by atoms with E-state index in [0.717, 1.165) is 105 Å². The molecule has 0 atom stereocenters. The molecule has 0 saturated heterocycles. The highest BCUT2D eigenvalue weighted by Gasteiger charge is 2.26. The summed E-state index contributed by atoms with van der Waals surface area (Å²) in [6.45, 7) is 0. The Balaban J connectivity index is 1.01. The van der Waals surface area contributed by atoms with Crippen LogP contribution >= 0.6 is 0 Å². The van der Waals surface area contributed by atoms with E-state index in [0.29, 0.717) is 17.7 Å². The Hall–Kier alpha value is -10.4. The van der Waals surface area contributed by atoms with Crippen molar-refractivity contribution < 1.29 is 0 Å². The van der Waals surface area contributed by atoms with E-state index in [4.69, 9.17) is 15.0 Å². The Morgan fingerprint density at radius 3 is 0.868 bits per heavy atom. The highest BCUT2D eigenvalue weighted by molar-refractivity contribution is 6.13. The SMILES string of the molecule is c1ccc(-c2cccc(-c3ccccc3-n3c4ccccc4c4ccccc43)c2-n2c3ccccc3c3ccccc32)c(-c2nc(-n3c4ccccc4c4ccccc43)nc(-n3c4ccccc4c4ccccc43)n2)c1. The van der Waals surface area contributed by atoms with Crippen molar-refractivity contribution in [1.29, 1.82) is 0 Å². The minimum absolute atomic E-state index is 0.533. The minimum atomic E-state index is 0.533. The first kappa shape index (κ1) is 42.2. The zero-order valence-corrected chi connectivity index (χ0v) is 41.0. The van der Waals surface area contributed by atoms with Gasteiger partial charge in [-0.3, -0.25) is 9.13 Å². The van der Waals surface area contributed by atoms with Crippen molar-refractivity contribution >= 4 is 87.2 Å². The number of para-hydroxylation sites is 10. The number of hydrogen-bond acceptors (Lipinski definition) is 3. The van der Waals surface area contributed by atoms with Crippen LogP contribution in [-0.4, -0.2) is 33.2 Å². The van der Waals surface area contributed by atoms with Crippen molar-refractivity contribution in [2.45, 2.75) is 0 Å². The van der Waals surface area contributed by atoms with Crippen LogP contribution in [0.4, 0.5) is 0 Å². The van der Waals surface area contributed by atoms with Gasteiger partial charge in [-0.05, 0) is 60.2 Å². The first-order chi connectivity index (χ1) is 37.8. The van der Waals surface area contributed by atoms with Gasteiger partial charge in [-0.1, -0.05) is 206 Å². The molecule has 5 aromatic heterocycles. The molecule has 0 saturated carbocycles. The summed E-state index contributed by atoms with van der Waals surface area (Å²) in [5.74, 6) is 1.62. The molecule has 0 aliphatic rings. The maximum atomic E-state index is 5.60. The lowest BCUT2D eigenvalue weighted by Crippen LogP contribution is -2.10. The van der Waals surface area contributed by atoms with Crippen LogP contribution in [0.25, 0.3) is 144 Å². The van der Waals surface area contributed by atoms with E-state index in [1.807, 2.05) is 0 Å². The van der Waals surface area contributed by atoms with Gasteiger partial charge in [-0.25, -0.2) is 0 Å². The number of fused-ring (bicyclic) bond motifs is 12. The van der Waals surface area contributed by atoms with E-state index >= 15 is 0 Å². The molecule has 7 heteroatoms. The topological polar surface area (TPSA) is 58.4 Å². The van der Waals surface area contributed by atoms with Gasteiger partial charge in [0.25, 0.3) is 0 Å². The predicted molar refractivity (Wildman–Crippen MR) is 313 cm³/mol. The van der Waals surface area contributed by atoms with Gasteiger partial charge < -0.3 is 9.13 Å². The normalized spacial score (nSPS) is 11.9. The van der Waals surface area contributed by atoms with Gasteiger partial charge in [0, 0.05) is 65.3 Å². The molecule has 16 rings (SSSR count). The van der Waals surface area contributed by atoms with E-state index in [-0.39, 0.29) is 0 Å². The fraction of sp³-hybridized carbons (Fsp3) is 0. The molecule has 11 aromatic carbocycles. The third-order valence-corrected chi connectivity index (χ3v) is 15.5. The molecule has 0 amide bonds. The molecular weight excluding hydrogens is 927 g/mol. The van der Waals surface area contributed by atoms with Gasteiger partial charge in [-0.2, -0.15) is 15.0 Å². The van der Waals surface area contributed by atoms with Gasteiger partial charge in [0.15, 0.2) is 5.82 Å². The summed E-state index contributed by atoms with van der Waals surface area (Å²) in [4.78, 5) is 16.7. The standard InChI is InChI=1S/C69H43N7/c1-2-32-56(67-70-68(75-62-40-17-7-27-49(62)50-28-8-18-41-63(50)75)72-69(71-67)76-64-42-19-9-29-51(64)52-30-10-20-43-65(52)76)44(22-1)54-33-21-34-55(66(54)74-60-38-15-5-25-47(60)48-26-6-16-39-61(48)74)53-31-11-14-37-59(53)73-57-35-12-3-23-45(57)46-24-4-13-36-58(46)73/h1-43H. The van der Waals surface area contributed by atoms with Crippen molar-refractivity contribution in [3.8, 4) is 56.9 Å². The quantitative estimate of drug-likeness (QED) is 0.160. The first-order valence-electron chi connectivity index (χ1n) is 25.8. The molecule has 0 radical (unpaired) electrons. The molecule has 0 spiro atoms. The average Bonchev–Trinajstić information content (AvgIpc) is 4.38. The third kappa shape index (κ3) is 6.14. The van der Waals surface area contributed by atoms with Crippen LogP contribution in [0.1, 0.15) is 0 Å². The van der Waals surface area contributed by atoms with Gasteiger partial charge in [0.2, 0.25) is 11.9 Å². The summed E-state index contributed by atoms with van der Waals surface area (Å²) in [5.41, 5.74) is 15.9. The lowest BCUT2D eigenvalue weighted by molar-refractivity contribution is 0.893. The molecule has 7 nitrogen and oxygen atoms in total. The summed E-state index contributed by atoms with van der Waals surface area (Å²) in [6, 6.07) is 93.5. The van der Waals surface area contributed by atoms with Crippen LogP contribution in [0, 0.1) is 0 Å². The van der Waals surface area contributed by atoms with Crippen molar-refractivity contribution in [2.75, 3.05) is 0 Å². The van der Waals surface area contributed by atoms with Gasteiger partial charge in [0.05, 0.1) is 55.5 Å². The molecule has 16 aromatic rings. The van der Waals surface area contributed by atoms with E-state index in [1.54, 1.807) is 0 Å². The molecular formula is C69H43N7. The molecule has 0 aliphatic carbocycles. The first-order valence-corrected chi connectivity index (χ1v) is 25.8. The predicted octanol–water partition coefficient (Wildman–Crippen LogP) is 17.3. The second-order valence-corrected chi connectivity index (χ2v) is 19.5. The second-order valence-electron chi connectivity index (χ2n) is 19.5. The smallest absolute Gasteiger partial charge is 0.240 e. The number of hydrogen-bond donors (Lipinski definition) is 0. The molecule has 0 fully saturated rings. The zero-order chi connectivity index (χ0) is 49.8. The Kier molecular flexibility index (Phi) is 9.20. The van der Waals surface area contributed by atoms with Crippen LogP contribution in [0.15, 0.2) is 261 Å². The Morgan fingerprint density at radius 1 is 0.197 bits per heavy atom. The van der Waals surface area contributed by atoms with Gasteiger partial charge in [0.1, 0.15) is 0 Å². The maximum Gasteiger partial charge on any atom is 0.240 e. The fourth-order valence-corrected chi connectivity index (χ4v) is 12.3. The molecule has 0 bridgehead atoms. The molecule has 76 heavy (non-hydrogen) atoms. The highest BCUT2D eigenvalue weighted by Crippen LogP contribution is 2.46. The average molecular weight is 970 g/mol. The van der Waals surface area contributed by atoms with Crippen LogP contribution in [0.5, 0.6) is 0 Å². The van der Waals surface area contributed by atoms with Crippen molar-refractivity contribution in [2.24, 2.45) is 0 Å². The monoisotopic (exact) mass is 969 g/mol. The van der Waals surface area contributed by atoms with Crippen molar-refractivity contribution in [3.63, 3.8) is 0 Å². The van der Waals surface area contributed by atoms with Gasteiger partial charge >= 0.3 is 0 Å². The van der Waals surface area contributed by atoms with Crippen molar-refractivity contribution in [3.05, 3.63) is 261 Å². The summed E-state index contributed by atoms with van der Waals surface area (Å²) in [6.07, 6.45) is 0. The Morgan fingerprint density at radius 2 is 0.474 bits per heavy atom. The Bertz CT molecular complexity index is 4680. The summed E-state index contributed by atoms with van der Waals surface area (Å²) in [5, 5.41) is 9.34. The number of rotatable bonds is 7. The lowest BCUT2D eigenvalue weighted by Gasteiger charge is -2.22. The summed E-state index contributed by atoms with van der Waals surface area (Å²) < 4.78 is 9.32. The lowest BCUT2D eigenvalue weighted by atomic mass is 9.92. The highest BCUT2D eigenvalue weighted by atomic mass is 15.3. The molecule has 5 heterocycles. The molecule has 0 unspecified atom stereocenters. The van der Waals surface area contributed by atoms with E-state index in [1.165, 1.54) is 21.5 Å². The number of benzene rings is 11. The molecule has 354 valence electrons. The number of aromatic nitrogens is 7. The van der Waals surface area contributed by atoms with Crippen LogP contribution in [-0.2, 0) is 0 Å². The van der Waals surface area contributed by atoms with Gasteiger partial charge in [-0.15, -0.1) is 0 Å². The Labute approximate surface area is 436 Å². The molecule has 0 aliphatic heterocycles. The van der Waals surface area contributed by atoms with E-state index in [2.05, 4.69) is 279 Å². The van der Waals surface area contributed by atoms with Crippen LogP contribution in [0.2, 0.25) is 0 Å². The summed E-state index contributed by atoms with van der Waals surface area (Å²) in [7, 11) is 0. The summed E-state index contributed by atoms with van der Waals surface area (Å²) >= 11 is 0. The van der Waals surface area contributed by atoms with Crippen molar-refractivity contribution in [1.82, 2.24) is 33.2 Å². The second kappa shape index (κ2) is 16.6. The fourth-order valence-electron chi connectivity index (χ4n) is 12.3. The molecule has 0 N–H and O–H groups in total. The maximum absolute atomic E-state index is 5.60. The largest absolute Gasteiger partial charge is 0.309 e. The van der Waals surface area contributed by atoms with Crippen LogP contribution < -0.4 is 0 Å². The minimum Gasteiger partial charge on any atom is -0.309 e. The zero-order valence-electron chi connectivity index (χ0n) is 41.0. The van der Waals surface area contributed by atoms with E-state index < -0.39 is 0 Å². The van der Waals surface area contributed by atoms with Crippen LogP contribution in [0.3, 0.4) is 0 Å². The number of nitrogens with zero attached hydrogens (tertiary/aromatic N) is 7. The third-order valence-electron chi connectivity index (χ3n) is 15.5.